The Hall–Kier alpha value is -1.59. The maximum absolute atomic E-state index is 10.9. The molecule has 0 aromatic heterocycles. The molecule has 0 heterocycles. The third-order valence-corrected chi connectivity index (χ3v) is 1.88. The van der Waals surface area contributed by atoms with E-state index in [1.807, 2.05) is 0 Å². The normalized spacial score (nSPS) is 8.88. The van der Waals surface area contributed by atoms with Crippen molar-refractivity contribution >= 4 is 23.5 Å². The Balaban J connectivity index is 0.000000557. The summed E-state index contributed by atoms with van der Waals surface area (Å²) in [7, 11) is 1.27. The molecule has 0 aliphatic carbocycles. The number of carboxylic acid groups (broad SMARTS) is 1. The fourth-order valence-electron chi connectivity index (χ4n) is 0.867. The van der Waals surface area contributed by atoms with E-state index in [1.54, 1.807) is 0 Å². The van der Waals surface area contributed by atoms with E-state index in [9.17, 15) is 9.59 Å². The largest absolute Gasteiger partial charge is 0.478 e. The Morgan fingerprint density at radius 2 is 1.71 bits per heavy atom. The van der Waals surface area contributed by atoms with Crippen molar-refractivity contribution in [2.24, 2.45) is 5.73 Å². The average Bonchev–Trinajstić information content (AvgIpc) is 2.38. The molecule has 0 atom stereocenters. The third kappa shape index (κ3) is 5.89. The molecular weight excluding hydrogens is 246 g/mol. The first kappa shape index (κ1) is 15.4. The van der Waals surface area contributed by atoms with Crippen LogP contribution in [0.15, 0.2) is 24.3 Å². The van der Waals surface area contributed by atoms with Gasteiger partial charge in [0.2, 0.25) is 0 Å². The van der Waals surface area contributed by atoms with Crippen molar-refractivity contribution < 1.29 is 19.4 Å². The van der Waals surface area contributed by atoms with E-state index in [0.717, 1.165) is 0 Å². The first-order valence-electron chi connectivity index (χ1n) is 4.74. The van der Waals surface area contributed by atoms with Gasteiger partial charge in [0.05, 0.1) is 18.2 Å². The number of hydrogen-bond donors (Lipinski definition) is 2. The number of aromatic carboxylic acids is 1. The number of hydrogen-bond acceptors (Lipinski definition) is 4. The topological polar surface area (TPSA) is 89.6 Å². The van der Waals surface area contributed by atoms with E-state index in [-0.39, 0.29) is 5.56 Å². The Labute approximate surface area is 104 Å². The van der Waals surface area contributed by atoms with Crippen molar-refractivity contribution in [3.63, 3.8) is 0 Å². The van der Waals surface area contributed by atoms with Gasteiger partial charge in [-0.1, -0.05) is 0 Å². The predicted molar refractivity (Wildman–Crippen MR) is 64.5 cm³/mol. The molecule has 17 heavy (non-hydrogen) atoms. The fraction of sp³-hybridized carbons (Fsp3) is 0.273. The summed E-state index contributed by atoms with van der Waals surface area (Å²) >= 11 is 5.06. The lowest BCUT2D eigenvalue weighted by atomic mass is 10.1. The van der Waals surface area contributed by atoms with Gasteiger partial charge in [-0.15, -0.1) is 11.6 Å². The molecule has 3 N–H and O–H groups in total. The molecule has 0 saturated carbocycles. The average molecular weight is 260 g/mol. The minimum absolute atomic E-state index is 0.146. The quantitative estimate of drug-likeness (QED) is 0.632. The van der Waals surface area contributed by atoms with Gasteiger partial charge in [0, 0.05) is 12.4 Å². The van der Waals surface area contributed by atoms with E-state index in [2.05, 4.69) is 4.74 Å². The van der Waals surface area contributed by atoms with Crippen LogP contribution in [0, 0.1) is 0 Å². The molecule has 0 amide bonds. The van der Waals surface area contributed by atoms with Crippen LogP contribution in [0.1, 0.15) is 20.7 Å². The lowest BCUT2D eigenvalue weighted by molar-refractivity contribution is 0.0598. The van der Waals surface area contributed by atoms with Crippen molar-refractivity contribution in [2.45, 2.75) is 0 Å². The number of carboxylic acids is 1. The van der Waals surface area contributed by atoms with Crippen LogP contribution in [0.3, 0.4) is 0 Å². The molecule has 0 fully saturated rings. The highest BCUT2D eigenvalue weighted by Gasteiger charge is 2.06. The standard InChI is InChI=1S/C9H8O4.C2H6ClN/c1-13-9(12)7-4-2-6(3-5-7)8(10)11;3-1-2-4/h2-5H,1H3,(H,10,11);1-2,4H2. The molecule has 5 nitrogen and oxygen atoms in total. The highest BCUT2D eigenvalue weighted by molar-refractivity contribution is 6.18. The lowest BCUT2D eigenvalue weighted by Gasteiger charge is -1.98. The van der Waals surface area contributed by atoms with Crippen molar-refractivity contribution in [2.75, 3.05) is 19.5 Å². The Bertz CT molecular complexity index is 362. The van der Waals surface area contributed by atoms with E-state index in [0.29, 0.717) is 18.0 Å². The minimum Gasteiger partial charge on any atom is -0.478 e. The van der Waals surface area contributed by atoms with E-state index < -0.39 is 11.9 Å². The molecule has 0 aliphatic rings. The molecular formula is C11H14ClNO4. The Morgan fingerprint density at radius 1 is 1.29 bits per heavy atom. The SMILES string of the molecule is COC(=O)c1ccc(C(=O)O)cc1.NCCCl. The van der Waals surface area contributed by atoms with Gasteiger partial charge in [-0.05, 0) is 24.3 Å². The number of ether oxygens (including phenoxy) is 1. The second-order valence-corrected chi connectivity index (χ2v) is 3.23. The summed E-state index contributed by atoms with van der Waals surface area (Å²) in [6, 6.07) is 5.54. The summed E-state index contributed by atoms with van der Waals surface area (Å²) in [6.45, 7) is 0.585. The van der Waals surface area contributed by atoms with Crippen LogP contribution in [-0.2, 0) is 4.74 Å². The van der Waals surface area contributed by atoms with Crippen molar-refractivity contribution in [1.29, 1.82) is 0 Å². The van der Waals surface area contributed by atoms with Gasteiger partial charge in [-0.2, -0.15) is 0 Å². The maximum Gasteiger partial charge on any atom is 0.337 e. The van der Waals surface area contributed by atoms with Gasteiger partial charge >= 0.3 is 11.9 Å². The zero-order valence-corrected chi connectivity index (χ0v) is 10.1. The second-order valence-electron chi connectivity index (χ2n) is 2.85. The van der Waals surface area contributed by atoms with Crippen LogP contribution in [0.25, 0.3) is 0 Å². The third-order valence-electron chi connectivity index (χ3n) is 1.66. The molecule has 94 valence electrons. The number of carbonyl (C=O) groups excluding carboxylic acids is 1. The van der Waals surface area contributed by atoms with Gasteiger partial charge in [0.15, 0.2) is 0 Å². The molecule has 0 radical (unpaired) electrons. The summed E-state index contributed by atoms with van der Waals surface area (Å²) in [4.78, 5) is 21.4. The smallest absolute Gasteiger partial charge is 0.337 e. The maximum atomic E-state index is 10.9. The van der Waals surface area contributed by atoms with Gasteiger partial charge in [0.25, 0.3) is 0 Å². The summed E-state index contributed by atoms with van der Waals surface area (Å²) < 4.78 is 4.45. The molecule has 1 aromatic rings. The van der Waals surface area contributed by atoms with Crippen molar-refractivity contribution in [3.05, 3.63) is 35.4 Å². The monoisotopic (exact) mass is 259 g/mol. The molecule has 0 saturated heterocycles. The van der Waals surface area contributed by atoms with Crippen LogP contribution in [0.5, 0.6) is 0 Å². The first-order chi connectivity index (χ1) is 8.06. The van der Waals surface area contributed by atoms with Crippen LogP contribution >= 0.6 is 11.6 Å². The first-order valence-corrected chi connectivity index (χ1v) is 5.28. The number of halogens is 1. The summed E-state index contributed by atoms with van der Waals surface area (Å²) in [5.41, 5.74) is 5.38. The molecule has 0 bridgehead atoms. The van der Waals surface area contributed by atoms with Crippen LogP contribution < -0.4 is 5.73 Å². The van der Waals surface area contributed by atoms with E-state index >= 15 is 0 Å². The Kier molecular flexibility index (Phi) is 7.75. The molecule has 0 unspecified atom stereocenters. The van der Waals surface area contributed by atoms with Gasteiger partial charge in [-0.3, -0.25) is 0 Å². The zero-order chi connectivity index (χ0) is 13.3. The number of nitrogens with two attached hydrogens (primary N) is 1. The van der Waals surface area contributed by atoms with E-state index in [4.69, 9.17) is 22.4 Å². The van der Waals surface area contributed by atoms with Crippen LogP contribution in [0.4, 0.5) is 0 Å². The summed E-state index contributed by atoms with van der Waals surface area (Å²) in [5.74, 6) is -0.923. The highest BCUT2D eigenvalue weighted by atomic mass is 35.5. The zero-order valence-electron chi connectivity index (χ0n) is 9.35. The fourth-order valence-corrected chi connectivity index (χ4v) is 0.867. The molecule has 1 aromatic carbocycles. The minimum atomic E-state index is -1.02. The number of alkyl halides is 1. The molecule has 0 aliphatic heterocycles. The van der Waals surface area contributed by atoms with E-state index in [1.165, 1.54) is 31.4 Å². The summed E-state index contributed by atoms with van der Waals surface area (Å²) in [5, 5.41) is 8.56. The second kappa shape index (κ2) is 8.55. The van der Waals surface area contributed by atoms with Gasteiger partial charge in [-0.25, -0.2) is 9.59 Å². The van der Waals surface area contributed by atoms with Crippen molar-refractivity contribution in [1.82, 2.24) is 0 Å². The van der Waals surface area contributed by atoms with Gasteiger partial charge in [0.1, 0.15) is 0 Å². The Morgan fingerprint density at radius 3 is 2.00 bits per heavy atom. The van der Waals surface area contributed by atoms with Crippen LogP contribution in [0.2, 0.25) is 0 Å². The lowest BCUT2D eigenvalue weighted by Crippen LogP contribution is -2.02. The number of methoxy groups -OCH3 is 1. The predicted octanol–water partition coefficient (Wildman–Crippen LogP) is 1.36. The molecule has 6 heteroatoms. The highest BCUT2D eigenvalue weighted by Crippen LogP contribution is 2.05. The van der Waals surface area contributed by atoms with Crippen molar-refractivity contribution in [3.8, 4) is 0 Å². The molecule has 0 spiro atoms. The van der Waals surface area contributed by atoms with Crippen LogP contribution in [-0.4, -0.2) is 36.6 Å². The summed E-state index contributed by atoms with van der Waals surface area (Å²) in [6.07, 6.45) is 0. The number of rotatable bonds is 3. The van der Waals surface area contributed by atoms with Gasteiger partial charge < -0.3 is 15.6 Å². The number of benzene rings is 1. The number of carbonyl (C=O) groups is 2. The number of esters is 1. The molecule has 1 rings (SSSR count).